The molecule has 0 saturated heterocycles. The van der Waals surface area contributed by atoms with Crippen molar-refractivity contribution < 1.29 is 36.7 Å². The van der Waals surface area contributed by atoms with E-state index in [0.29, 0.717) is 0 Å². The normalized spacial score (nSPS) is 10.3. The Labute approximate surface area is 121 Å². The second-order valence-electron chi connectivity index (χ2n) is 4.41. The first-order valence-corrected chi connectivity index (χ1v) is 10.6. The molecule has 0 atom stereocenters. The van der Waals surface area contributed by atoms with E-state index in [1.807, 2.05) is 0 Å². The first-order chi connectivity index (χ1) is 7.93. The van der Waals surface area contributed by atoms with Gasteiger partial charge in [-0.1, -0.05) is 0 Å². The third-order valence-electron chi connectivity index (χ3n) is 2.88. The van der Waals surface area contributed by atoms with E-state index in [0.717, 1.165) is 0 Å². The van der Waals surface area contributed by atoms with Gasteiger partial charge in [-0.2, -0.15) is 0 Å². The van der Waals surface area contributed by atoms with Gasteiger partial charge in [-0.25, -0.2) is 0 Å². The van der Waals surface area contributed by atoms with Crippen molar-refractivity contribution in [2.24, 2.45) is 0 Å². The maximum atomic E-state index is 2.32. The monoisotopic (exact) mass is 346 g/mol. The van der Waals surface area contributed by atoms with Crippen molar-refractivity contribution in [1.82, 2.24) is 0 Å². The molecule has 0 bridgehead atoms. The zero-order valence-electron chi connectivity index (χ0n) is 10.5. The Bertz CT molecular complexity index is 243. The Balaban J connectivity index is 1.89. The van der Waals surface area contributed by atoms with E-state index in [1.54, 1.807) is 3.28 Å². The quantitative estimate of drug-likeness (QED) is 0.574. The average Bonchev–Trinajstić information content (AvgIpc) is 2.34. The van der Waals surface area contributed by atoms with Gasteiger partial charge in [0.05, 0.1) is 0 Å². The van der Waals surface area contributed by atoms with Gasteiger partial charge in [0.2, 0.25) is 0 Å². The van der Waals surface area contributed by atoms with Gasteiger partial charge in [-0.15, -0.1) is 0 Å². The third kappa shape index (κ3) is 7.78. The van der Waals surface area contributed by atoms with E-state index >= 15 is 0 Å². The van der Waals surface area contributed by atoms with Gasteiger partial charge in [0, 0.05) is 0 Å². The summed E-state index contributed by atoms with van der Waals surface area (Å²) in [5.41, 5.74) is 0. The molecule has 1 aromatic rings. The molecule has 1 heteroatoms. The maximum absolute atomic E-state index is 2.32. The molecule has 0 fully saturated rings. The Morgan fingerprint density at radius 2 is 1.44 bits per heavy atom. The molecule has 0 aliphatic heterocycles. The standard InChI is InChI=1S/C9H19.C6H5.Nd/c1-3-5-7-9-8-6-4-2;1-2-4-6-5-3-1;/h1,3-9H2,2H3;1-5H;. The second-order valence-corrected chi connectivity index (χ2v) is 9.00. The van der Waals surface area contributed by atoms with Crippen LogP contribution in [0, 0.1) is 36.7 Å². The van der Waals surface area contributed by atoms with Crippen LogP contribution in [-0.2, 0) is 0 Å². The summed E-state index contributed by atoms with van der Waals surface area (Å²) in [6.07, 6.45) is 10.2. The summed E-state index contributed by atoms with van der Waals surface area (Å²) >= 11 is -0.441. The summed E-state index contributed by atoms with van der Waals surface area (Å²) in [4.78, 5) is 0. The number of benzene rings is 1. The van der Waals surface area contributed by atoms with Crippen molar-refractivity contribution in [3.8, 4) is 0 Å². The summed E-state index contributed by atoms with van der Waals surface area (Å²) in [5.74, 6) is 0. The van der Waals surface area contributed by atoms with Gasteiger partial charge in [-0.05, 0) is 0 Å². The molecule has 1 aromatic carbocycles. The Morgan fingerprint density at radius 3 is 2.12 bits per heavy atom. The van der Waals surface area contributed by atoms with Crippen molar-refractivity contribution in [2.75, 3.05) is 0 Å². The van der Waals surface area contributed by atoms with Crippen LogP contribution in [0.5, 0.6) is 0 Å². The van der Waals surface area contributed by atoms with Gasteiger partial charge < -0.3 is 0 Å². The summed E-state index contributed by atoms with van der Waals surface area (Å²) in [6, 6.07) is 11.1. The predicted octanol–water partition coefficient (Wildman–Crippen LogP) is 4.57. The van der Waals surface area contributed by atoms with E-state index in [9.17, 15) is 0 Å². The third-order valence-corrected chi connectivity index (χ3v) is 7.20. The summed E-state index contributed by atoms with van der Waals surface area (Å²) < 4.78 is 3.24. The molecule has 0 aromatic heterocycles. The topological polar surface area (TPSA) is 0 Å². The van der Waals surface area contributed by atoms with E-state index in [1.165, 1.54) is 44.9 Å². The molecule has 16 heavy (non-hydrogen) atoms. The Morgan fingerprint density at radius 1 is 0.812 bits per heavy atom. The minimum absolute atomic E-state index is 0.441. The number of rotatable bonds is 9. The fraction of sp³-hybridized carbons (Fsp3) is 0.600. The molecule has 0 spiro atoms. The zero-order valence-corrected chi connectivity index (χ0v) is 13.8. The first-order valence-electron chi connectivity index (χ1n) is 6.72. The summed E-state index contributed by atoms with van der Waals surface area (Å²) in [5, 5.41) is 0. The molecular weight excluding hydrogens is 324 g/mol. The van der Waals surface area contributed by atoms with E-state index < -0.39 is 36.7 Å². The predicted molar refractivity (Wildman–Crippen MR) is 68.9 cm³/mol. The van der Waals surface area contributed by atoms with Gasteiger partial charge in [0.25, 0.3) is 0 Å². The molecular formula is C15H24Nd. The fourth-order valence-corrected chi connectivity index (χ4v) is 5.54. The molecule has 0 heterocycles. The number of hydrogen-bond acceptors (Lipinski definition) is 0. The van der Waals surface area contributed by atoms with Crippen LogP contribution in [0.1, 0.15) is 51.9 Å². The molecule has 1 rings (SSSR count). The number of unbranched alkanes of at least 4 members (excludes halogenated alkanes) is 6. The second kappa shape index (κ2) is 10.7. The van der Waals surface area contributed by atoms with Crippen LogP contribution in [0.2, 0.25) is 2.07 Å². The van der Waals surface area contributed by atoms with Crippen molar-refractivity contribution in [2.45, 2.75) is 53.9 Å². The first kappa shape index (κ1) is 14.6. The van der Waals surface area contributed by atoms with Crippen LogP contribution in [0.3, 0.4) is 0 Å². The zero-order chi connectivity index (χ0) is 11.5. The fourth-order valence-electron chi connectivity index (χ4n) is 1.87. The molecule has 0 amide bonds. The SMILES string of the molecule is CCCCCCCC[CH2][Nd][c]1ccccc1. The molecule has 0 radical (unpaired) electrons. The number of hydrogen-bond donors (Lipinski definition) is 0. The van der Waals surface area contributed by atoms with Crippen molar-refractivity contribution in [1.29, 1.82) is 0 Å². The summed E-state index contributed by atoms with van der Waals surface area (Å²) in [6.45, 7) is 2.29. The van der Waals surface area contributed by atoms with Gasteiger partial charge in [-0.3, -0.25) is 0 Å². The van der Waals surface area contributed by atoms with E-state index in [-0.39, 0.29) is 0 Å². The van der Waals surface area contributed by atoms with Gasteiger partial charge in [0.15, 0.2) is 0 Å². The van der Waals surface area contributed by atoms with E-state index in [4.69, 9.17) is 0 Å². The Kier molecular flexibility index (Phi) is 9.79. The minimum atomic E-state index is -0.441. The van der Waals surface area contributed by atoms with Crippen LogP contribution in [0.15, 0.2) is 30.3 Å². The van der Waals surface area contributed by atoms with Crippen molar-refractivity contribution >= 4 is 1.21 Å². The van der Waals surface area contributed by atoms with Gasteiger partial charge >= 0.3 is 122 Å². The average molecular weight is 349 g/mol. The molecule has 0 aliphatic carbocycles. The molecule has 0 saturated carbocycles. The van der Waals surface area contributed by atoms with Crippen LogP contribution < -0.4 is 1.21 Å². The van der Waals surface area contributed by atoms with Crippen LogP contribution >= 0.6 is 0 Å². The van der Waals surface area contributed by atoms with Crippen LogP contribution in [-0.4, -0.2) is 0 Å². The van der Waals surface area contributed by atoms with Gasteiger partial charge in [0.1, 0.15) is 0 Å². The van der Waals surface area contributed by atoms with Crippen molar-refractivity contribution in [3.05, 3.63) is 30.3 Å². The molecule has 0 unspecified atom stereocenters. The molecule has 0 nitrogen and oxygen atoms in total. The molecule has 0 N–H and O–H groups in total. The Hall–Kier alpha value is 0.571. The van der Waals surface area contributed by atoms with Crippen LogP contribution in [0.25, 0.3) is 0 Å². The molecule has 0 aliphatic rings. The van der Waals surface area contributed by atoms with Crippen LogP contribution in [0.4, 0.5) is 0 Å². The summed E-state index contributed by atoms with van der Waals surface area (Å²) in [7, 11) is 0. The van der Waals surface area contributed by atoms with Crippen molar-refractivity contribution in [3.63, 3.8) is 0 Å². The van der Waals surface area contributed by atoms with E-state index in [2.05, 4.69) is 37.3 Å². The molecule has 88 valence electrons.